The lowest BCUT2D eigenvalue weighted by molar-refractivity contribution is -0.120. The molecule has 0 saturated heterocycles. The molecule has 4 nitrogen and oxygen atoms in total. The van der Waals surface area contributed by atoms with E-state index in [1.54, 1.807) is 12.1 Å². The summed E-state index contributed by atoms with van der Waals surface area (Å²) in [5, 5.41) is 12.1. The summed E-state index contributed by atoms with van der Waals surface area (Å²) in [7, 11) is 0. The molecule has 0 unspecified atom stereocenters. The Morgan fingerprint density at radius 3 is 2.57 bits per heavy atom. The molecule has 0 atom stereocenters. The van der Waals surface area contributed by atoms with Crippen LogP contribution in [0.5, 0.6) is 0 Å². The molecule has 1 fully saturated rings. The summed E-state index contributed by atoms with van der Waals surface area (Å²) in [6.45, 7) is 0. The van der Waals surface area contributed by atoms with Gasteiger partial charge in [0.15, 0.2) is 0 Å². The van der Waals surface area contributed by atoms with E-state index in [-0.39, 0.29) is 17.6 Å². The Bertz CT molecular complexity index is 620. The molecule has 1 aliphatic rings. The summed E-state index contributed by atoms with van der Waals surface area (Å²) in [6.07, 6.45) is 5.37. The van der Waals surface area contributed by atoms with E-state index >= 15 is 0 Å². The Hall–Kier alpha value is -1.82. The van der Waals surface area contributed by atoms with Crippen LogP contribution < -0.4 is 5.32 Å². The molecule has 3 rings (SSSR count). The lowest BCUT2D eigenvalue weighted by atomic mass is 9.89. The fourth-order valence-corrected chi connectivity index (χ4v) is 3.31. The number of amides is 1. The molecule has 21 heavy (non-hydrogen) atoms. The van der Waals surface area contributed by atoms with E-state index in [1.807, 2.05) is 0 Å². The van der Waals surface area contributed by atoms with Crippen LogP contribution in [0.4, 0.5) is 9.52 Å². The average molecular weight is 305 g/mol. The SMILES string of the molecule is O=C(Nc1nnc(-c2ccc(F)cc2)s1)C1CCCCC1. The second kappa shape index (κ2) is 6.30. The smallest absolute Gasteiger partial charge is 0.229 e. The quantitative estimate of drug-likeness (QED) is 0.936. The van der Waals surface area contributed by atoms with Gasteiger partial charge in [-0.25, -0.2) is 4.39 Å². The molecule has 1 aromatic carbocycles. The number of halogens is 1. The summed E-state index contributed by atoms with van der Waals surface area (Å²) in [4.78, 5) is 12.1. The minimum Gasteiger partial charge on any atom is -0.300 e. The van der Waals surface area contributed by atoms with Gasteiger partial charge in [0.25, 0.3) is 0 Å². The highest BCUT2D eigenvalue weighted by atomic mass is 32.1. The van der Waals surface area contributed by atoms with Crippen LogP contribution in [-0.2, 0) is 4.79 Å². The van der Waals surface area contributed by atoms with Gasteiger partial charge < -0.3 is 5.32 Å². The Morgan fingerprint density at radius 2 is 1.86 bits per heavy atom. The summed E-state index contributed by atoms with van der Waals surface area (Å²) >= 11 is 1.31. The first-order valence-electron chi connectivity index (χ1n) is 7.13. The van der Waals surface area contributed by atoms with Crippen molar-refractivity contribution < 1.29 is 9.18 Å². The number of carbonyl (C=O) groups excluding carboxylic acids is 1. The molecule has 1 N–H and O–H groups in total. The van der Waals surface area contributed by atoms with Crippen molar-refractivity contribution in [3.63, 3.8) is 0 Å². The Labute approximate surface area is 126 Å². The third-order valence-electron chi connectivity index (χ3n) is 3.72. The Morgan fingerprint density at radius 1 is 1.14 bits per heavy atom. The zero-order chi connectivity index (χ0) is 14.7. The van der Waals surface area contributed by atoms with Gasteiger partial charge in [-0.3, -0.25) is 4.79 Å². The van der Waals surface area contributed by atoms with E-state index in [4.69, 9.17) is 0 Å². The fourth-order valence-electron chi connectivity index (χ4n) is 2.56. The Kier molecular flexibility index (Phi) is 4.24. The second-order valence-corrected chi connectivity index (χ2v) is 6.22. The first kappa shape index (κ1) is 14.1. The number of nitrogens with one attached hydrogen (secondary N) is 1. The van der Waals surface area contributed by atoms with E-state index in [9.17, 15) is 9.18 Å². The van der Waals surface area contributed by atoms with E-state index < -0.39 is 0 Å². The first-order chi connectivity index (χ1) is 10.2. The minimum atomic E-state index is -0.283. The molecule has 1 aromatic heterocycles. The third kappa shape index (κ3) is 3.44. The second-order valence-electron chi connectivity index (χ2n) is 5.24. The normalized spacial score (nSPS) is 15.9. The maximum absolute atomic E-state index is 12.9. The highest BCUT2D eigenvalue weighted by Gasteiger charge is 2.22. The molecule has 0 bridgehead atoms. The number of anilines is 1. The first-order valence-corrected chi connectivity index (χ1v) is 7.94. The van der Waals surface area contributed by atoms with Gasteiger partial charge in [0.05, 0.1) is 0 Å². The molecule has 1 amide bonds. The predicted molar refractivity (Wildman–Crippen MR) is 80.5 cm³/mol. The van der Waals surface area contributed by atoms with Crippen molar-refractivity contribution >= 4 is 22.4 Å². The van der Waals surface area contributed by atoms with Crippen LogP contribution >= 0.6 is 11.3 Å². The maximum Gasteiger partial charge on any atom is 0.229 e. The standard InChI is InChI=1S/C15H16FN3OS/c16-12-8-6-11(7-9-12)14-18-19-15(21-14)17-13(20)10-4-2-1-3-5-10/h6-10H,1-5H2,(H,17,19,20). The number of nitrogens with zero attached hydrogens (tertiary/aromatic N) is 2. The zero-order valence-corrected chi connectivity index (χ0v) is 12.3. The molecular formula is C15H16FN3OS. The largest absolute Gasteiger partial charge is 0.300 e. The molecule has 0 aliphatic heterocycles. The number of hydrogen-bond acceptors (Lipinski definition) is 4. The van der Waals surface area contributed by atoms with Crippen LogP contribution in [0, 0.1) is 11.7 Å². The molecule has 6 heteroatoms. The van der Waals surface area contributed by atoms with Gasteiger partial charge in [-0.05, 0) is 37.1 Å². The Balaban J connectivity index is 1.67. The van der Waals surface area contributed by atoms with Crippen LogP contribution in [0.3, 0.4) is 0 Å². The zero-order valence-electron chi connectivity index (χ0n) is 11.5. The molecule has 1 saturated carbocycles. The lowest BCUT2D eigenvalue weighted by Crippen LogP contribution is -2.24. The van der Waals surface area contributed by atoms with Crippen molar-refractivity contribution in [2.75, 3.05) is 5.32 Å². The van der Waals surface area contributed by atoms with Gasteiger partial charge in [0.1, 0.15) is 10.8 Å². The van der Waals surface area contributed by atoms with Crippen molar-refractivity contribution in [3.05, 3.63) is 30.1 Å². The van der Waals surface area contributed by atoms with Crippen molar-refractivity contribution in [3.8, 4) is 10.6 Å². The van der Waals surface area contributed by atoms with E-state index in [1.165, 1.54) is 29.9 Å². The van der Waals surface area contributed by atoms with E-state index in [0.29, 0.717) is 10.1 Å². The van der Waals surface area contributed by atoms with Crippen LogP contribution in [-0.4, -0.2) is 16.1 Å². The molecule has 2 aromatic rings. The molecule has 0 radical (unpaired) electrons. The average Bonchev–Trinajstić information content (AvgIpc) is 2.97. The molecule has 0 spiro atoms. The number of hydrogen-bond donors (Lipinski definition) is 1. The van der Waals surface area contributed by atoms with Gasteiger partial charge in [-0.15, -0.1) is 10.2 Å². The summed E-state index contributed by atoms with van der Waals surface area (Å²) in [5.74, 6) is -0.150. The monoisotopic (exact) mass is 305 g/mol. The minimum absolute atomic E-state index is 0.0384. The number of rotatable bonds is 3. The van der Waals surface area contributed by atoms with E-state index in [0.717, 1.165) is 31.2 Å². The highest BCUT2D eigenvalue weighted by Crippen LogP contribution is 2.28. The molecule has 110 valence electrons. The number of benzene rings is 1. The van der Waals surface area contributed by atoms with Crippen molar-refractivity contribution in [1.29, 1.82) is 0 Å². The van der Waals surface area contributed by atoms with Crippen molar-refractivity contribution in [2.45, 2.75) is 32.1 Å². The van der Waals surface area contributed by atoms with Crippen LogP contribution in [0.15, 0.2) is 24.3 Å². The van der Waals surface area contributed by atoms with Gasteiger partial charge in [0.2, 0.25) is 11.0 Å². The number of aromatic nitrogens is 2. The summed E-state index contributed by atoms with van der Waals surface area (Å²) in [6, 6.07) is 6.08. The van der Waals surface area contributed by atoms with Crippen LogP contribution in [0.1, 0.15) is 32.1 Å². The number of carbonyl (C=O) groups is 1. The van der Waals surface area contributed by atoms with Crippen LogP contribution in [0.2, 0.25) is 0 Å². The van der Waals surface area contributed by atoms with Gasteiger partial charge in [-0.2, -0.15) is 0 Å². The highest BCUT2D eigenvalue weighted by molar-refractivity contribution is 7.18. The predicted octanol–water partition coefficient (Wildman–Crippen LogP) is 3.86. The topological polar surface area (TPSA) is 54.9 Å². The molecule has 1 aliphatic carbocycles. The van der Waals surface area contributed by atoms with Gasteiger partial charge in [-0.1, -0.05) is 30.6 Å². The fraction of sp³-hybridized carbons (Fsp3) is 0.400. The molecular weight excluding hydrogens is 289 g/mol. The van der Waals surface area contributed by atoms with Gasteiger partial charge in [0, 0.05) is 11.5 Å². The third-order valence-corrected chi connectivity index (χ3v) is 4.61. The maximum atomic E-state index is 12.9. The van der Waals surface area contributed by atoms with Crippen molar-refractivity contribution in [2.24, 2.45) is 5.92 Å². The van der Waals surface area contributed by atoms with E-state index in [2.05, 4.69) is 15.5 Å². The summed E-state index contributed by atoms with van der Waals surface area (Å²) in [5.41, 5.74) is 0.798. The summed E-state index contributed by atoms with van der Waals surface area (Å²) < 4.78 is 12.9. The molecule has 1 heterocycles. The van der Waals surface area contributed by atoms with Gasteiger partial charge >= 0.3 is 0 Å². The van der Waals surface area contributed by atoms with Crippen molar-refractivity contribution in [1.82, 2.24) is 10.2 Å². The van der Waals surface area contributed by atoms with Crippen LogP contribution in [0.25, 0.3) is 10.6 Å². The lowest BCUT2D eigenvalue weighted by Gasteiger charge is -2.19.